The molecule has 12 heteroatoms. The summed E-state index contributed by atoms with van der Waals surface area (Å²) in [5.41, 5.74) is 7.06. The lowest BCUT2D eigenvalue weighted by atomic mass is 10.1. The number of ether oxygens (including phenoxy) is 3. The Kier molecular flexibility index (Phi) is 8.93. The van der Waals surface area contributed by atoms with E-state index in [0.29, 0.717) is 19.4 Å². The number of nitrogens with two attached hydrogens (primary N) is 1. The largest absolute Gasteiger partial charge is 0.496 e. The maximum atomic E-state index is 13.3. The summed E-state index contributed by atoms with van der Waals surface area (Å²) >= 11 is 6.06. The molecule has 4 N–H and O–H groups in total. The molecule has 0 aliphatic carbocycles. The smallest absolute Gasteiger partial charge is 0.310 e. The molecule has 39 heavy (non-hydrogen) atoms. The van der Waals surface area contributed by atoms with Crippen LogP contribution in [0.5, 0.6) is 5.75 Å². The van der Waals surface area contributed by atoms with Crippen molar-refractivity contribution in [3.05, 3.63) is 58.6 Å². The second kappa shape index (κ2) is 12.4. The molecule has 0 saturated carbocycles. The standard InChI is InChI=1S/C27H31ClN4O7/c1-15(30-24(34)17-11-18(28)19(29)12-22(17)37-2)26(36)32-10-6-9-21(32)25(35)31-20-13-23(33)39-27(20)38-14-16-7-4-3-5-8-16/h3-5,7-8,11-12,15,20-21,27H,6,9-10,13-14,29H2,1-2H3,(H,30,34)(H,31,35). The van der Waals surface area contributed by atoms with Gasteiger partial charge in [0.05, 0.1) is 36.4 Å². The number of halogens is 1. The molecule has 4 rings (SSSR count). The average Bonchev–Trinajstić information content (AvgIpc) is 3.55. The molecule has 0 spiro atoms. The molecule has 0 bridgehead atoms. The first-order valence-electron chi connectivity index (χ1n) is 12.6. The summed E-state index contributed by atoms with van der Waals surface area (Å²) in [5.74, 6) is -1.67. The van der Waals surface area contributed by atoms with E-state index in [2.05, 4.69) is 10.6 Å². The molecular weight excluding hydrogens is 528 g/mol. The van der Waals surface area contributed by atoms with Gasteiger partial charge in [0.1, 0.15) is 23.9 Å². The first-order valence-corrected chi connectivity index (χ1v) is 13.0. The van der Waals surface area contributed by atoms with Crippen LogP contribution >= 0.6 is 11.6 Å². The molecule has 2 fully saturated rings. The molecule has 2 aliphatic rings. The lowest BCUT2D eigenvalue weighted by Gasteiger charge is -2.28. The Bertz CT molecular complexity index is 1240. The number of methoxy groups -OCH3 is 1. The predicted molar refractivity (Wildman–Crippen MR) is 142 cm³/mol. The van der Waals surface area contributed by atoms with Crippen molar-refractivity contribution >= 4 is 41.0 Å². The van der Waals surface area contributed by atoms with Gasteiger partial charge in [0.15, 0.2) is 0 Å². The molecule has 4 atom stereocenters. The van der Waals surface area contributed by atoms with E-state index < -0.39 is 48.1 Å². The van der Waals surface area contributed by atoms with Crippen LogP contribution in [0.2, 0.25) is 5.02 Å². The van der Waals surface area contributed by atoms with Crippen molar-refractivity contribution in [2.45, 2.75) is 57.2 Å². The van der Waals surface area contributed by atoms with E-state index in [-0.39, 0.29) is 35.1 Å². The van der Waals surface area contributed by atoms with Crippen molar-refractivity contribution in [3.63, 3.8) is 0 Å². The van der Waals surface area contributed by atoms with Gasteiger partial charge in [-0.1, -0.05) is 41.9 Å². The van der Waals surface area contributed by atoms with Gasteiger partial charge < -0.3 is 35.5 Å². The van der Waals surface area contributed by atoms with E-state index in [1.807, 2.05) is 30.3 Å². The summed E-state index contributed by atoms with van der Waals surface area (Å²) in [5, 5.41) is 5.64. The molecule has 0 aromatic heterocycles. The van der Waals surface area contributed by atoms with Gasteiger partial charge >= 0.3 is 5.97 Å². The summed E-state index contributed by atoms with van der Waals surface area (Å²) in [6.45, 7) is 2.10. The van der Waals surface area contributed by atoms with Crippen LogP contribution in [0.3, 0.4) is 0 Å². The van der Waals surface area contributed by atoms with Gasteiger partial charge in [-0.3, -0.25) is 19.2 Å². The number of benzene rings is 2. The van der Waals surface area contributed by atoms with Crippen molar-refractivity contribution in [2.24, 2.45) is 0 Å². The van der Waals surface area contributed by atoms with Crippen LogP contribution in [0.15, 0.2) is 42.5 Å². The van der Waals surface area contributed by atoms with Gasteiger partial charge in [-0.15, -0.1) is 0 Å². The fraction of sp³-hybridized carbons (Fsp3) is 0.407. The third kappa shape index (κ3) is 6.61. The van der Waals surface area contributed by atoms with E-state index in [0.717, 1.165) is 5.56 Å². The summed E-state index contributed by atoms with van der Waals surface area (Å²) in [6, 6.07) is 9.79. The zero-order chi connectivity index (χ0) is 28.1. The van der Waals surface area contributed by atoms with E-state index in [1.165, 1.54) is 31.1 Å². The second-order valence-electron chi connectivity index (χ2n) is 9.43. The van der Waals surface area contributed by atoms with Crippen LogP contribution in [0.1, 0.15) is 42.1 Å². The first-order chi connectivity index (χ1) is 18.7. The number of carbonyl (C=O) groups excluding carboxylic acids is 4. The fourth-order valence-electron chi connectivity index (χ4n) is 4.64. The van der Waals surface area contributed by atoms with Gasteiger partial charge in [-0.2, -0.15) is 0 Å². The Hall–Kier alpha value is -3.83. The van der Waals surface area contributed by atoms with Crippen molar-refractivity contribution < 1.29 is 33.4 Å². The Balaban J connectivity index is 1.37. The lowest BCUT2D eigenvalue weighted by Crippen LogP contribution is -2.54. The molecule has 2 heterocycles. The zero-order valence-electron chi connectivity index (χ0n) is 21.6. The van der Waals surface area contributed by atoms with Crippen molar-refractivity contribution in [1.29, 1.82) is 0 Å². The monoisotopic (exact) mass is 558 g/mol. The van der Waals surface area contributed by atoms with Crippen LogP contribution in [0.4, 0.5) is 5.69 Å². The number of rotatable bonds is 9. The van der Waals surface area contributed by atoms with Gasteiger partial charge in [0, 0.05) is 12.6 Å². The van der Waals surface area contributed by atoms with Crippen molar-refractivity contribution in [2.75, 3.05) is 19.4 Å². The fourth-order valence-corrected chi connectivity index (χ4v) is 4.80. The molecule has 0 radical (unpaired) electrons. The van der Waals surface area contributed by atoms with Crippen molar-refractivity contribution in [3.8, 4) is 5.75 Å². The van der Waals surface area contributed by atoms with E-state index in [9.17, 15) is 19.2 Å². The highest BCUT2D eigenvalue weighted by Gasteiger charge is 2.41. The number of esters is 1. The number of nitrogens with zero attached hydrogens (tertiary/aromatic N) is 1. The number of carbonyl (C=O) groups is 4. The lowest BCUT2D eigenvalue weighted by molar-refractivity contribution is -0.168. The molecule has 2 aliphatic heterocycles. The number of anilines is 1. The second-order valence-corrected chi connectivity index (χ2v) is 9.84. The van der Waals surface area contributed by atoms with Gasteiger partial charge in [0.25, 0.3) is 5.91 Å². The Morgan fingerprint density at radius 1 is 1.23 bits per heavy atom. The summed E-state index contributed by atoms with van der Waals surface area (Å²) < 4.78 is 16.2. The molecule has 2 saturated heterocycles. The number of hydrogen-bond acceptors (Lipinski definition) is 8. The number of amides is 3. The predicted octanol–water partition coefficient (Wildman–Crippen LogP) is 2.01. The quantitative estimate of drug-likeness (QED) is 0.312. The minimum atomic E-state index is -0.940. The van der Waals surface area contributed by atoms with Crippen molar-refractivity contribution in [1.82, 2.24) is 15.5 Å². The third-order valence-electron chi connectivity index (χ3n) is 6.67. The Labute approximate surface area is 230 Å². The highest BCUT2D eigenvalue weighted by Crippen LogP contribution is 2.29. The average molecular weight is 559 g/mol. The number of hydrogen-bond donors (Lipinski definition) is 3. The SMILES string of the molecule is COc1cc(N)c(Cl)cc1C(=O)NC(C)C(=O)N1CCCC1C(=O)NC1CC(=O)OC1OCc1ccccc1. The van der Waals surface area contributed by atoms with Crippen LogP contribution in [-0.2, 0) is 30.5 Å². The molecule has 4 unspecified atom stereocenters. The maximum Gasteiger partial charge on any atom is 0.310 e. The van der Waals surface area contributed by atoms with Crippen LogP contribution in [0, 0.1) is 0 Å². The molecule has 208 valence electrons. The molecule has 11 nitrogen and oxygen atoms in total. The van der Waals surface area contributed by atoms with Gasteiger partial charge in [-0.25, -0.2) is 0 Å². The maximum absolute atomic E-state index is 13.3. The topological polar surface area (TPSA) is 149 Å². The highest BCUT2D eigenvalue weighted by molar-refractivity contribution is 6.33. The molecule has 2 aromatic rings. The number of nitrogens with one attached hydrogen (secondary N) is 2. The van der Waals surface area contributed by atoms with Crippen LogP contribution in [0.25, 0.3) is 0 Å². The summed E-state index contributed by atoms with van der Waals surface area (Å²) in [6.07, 6.45) is 0.0770. The minimum absolute atomic E-state index is 0.0374. The van der Waals surface area contributed by atoms with E-state index in [4.69, 9.17) is 31.5 Å². The number of cyclic esters (lactones) is 1. The third-order valence-corrected chi connectivity index (χ3v) is 6.99. The zero-order valence-corrected chi connectivity index (χ0v) is 22.4. The molecule has 3 amide bonds. The summed E-state index contributed by atoms with van der Waals surface area (Å²) in [4.78, 5) is 52.8. The normalized spacial score (nSPS) is 21.3. The minimum Gasteiger partial charge on any atom is -0.496 e. The molecular formula is C27H31ClN4O7. The van der Waals surface area contributed by atoms with Crippen LogP contribution in [-0.4, -0.2) is 66.7 Å². The van der Waals surface area contributed by atoms with Gasteiger partial charge in [-0.05, 0) is 31.4 Å². The molecule has 2 aromatic carbocycles. The van der Waals surface area contributed by atoms with E-state index in [1.54, 1.807) is 0 Å². The van der Waals surface area contributed by atoms with Crippen LogP contribution < -0.4 is 21.1 Å². The highest BCUT2D eigenvalue weighted by atomic mass is 35.5. The first kappa shape index (κ1) is 28.2. The van der Waals surface area contributed by atoms with Gasteiger partial charge in [0.2, 0.25) is 18.1 Å². The van der Waals surface area contributed by atoms with E-state index >= 15 is 0 Å². The Morgan fingerprint density at radius 2 is 1.97 bits per heavy atom. The summed E-state index contributed by atoms with van der Waals surface area (Å²) in [7, 11) is 1.39. The number of nitrogen functional groups attached to an aromatic ring is 1. The number of likely N-dealkylation sites (tertiary alicyclic amines) is 1. The Morgan fingerprint density at radius 3 is 2.69 bits per heavy atom.